The molecule has 2 N–H and O–H groups in total. The van der Waals surface area contributed by atoms with Crippen molar-refractivity contribution < 1.29 is 4.79 Å². The standard InChI is InChI=1S/C15H17NO/c1-4-14(8-11(2)12(3)17)15-7-5-6-13(9-15)10-16/h4-9H,1-2,10,16H2,3H3/b14-8+. The summed E-state index contributed by atoms with van der Waals surface area (Å²) in [6.07, 6.45) is 3.45. The summed E-state index contributed by atoms with van der Waals surface area (Å²) >= 11 is 0. The Kier molecular flexibility index (Phi) is 4.61. The lowest BCUT2D eigenvalue weighted by Gasteiger charge is -2.05. The number of hydrogen-bond donors (Lipinski definition) is 1. The first-order valence-corrected chi connectivity index (χ1v) is 5.42. The van der Waals surface area contributed by atoms with Crippen molar-refractivity contribution >= 4 is 11.4 Å². The molecule has 0 aromatic heterocycles. The molecule has 0 aliphatic carbocycles. The number of carbonyl (C=O) groups is 1. The Labute approximate surface area is 102 Å². The van der Waals surface area contributed by atoms with E-state index in [4.69, 9.17) is 5.73 Å². The van der Waals surface area contributed by atoms with E-state index < -0.39 is 0 Å². The van der Waals surface area contributed by atoms with Crippen molar-refractivity contribution in [2.75, 3.05) is 0 Å². The van der Waals surface area contributed by atoms with Crippen molar-refractivity contribution in [3.63, 3.8) is 0 Å². The van der Waals surface area contributed by atoms with Gasteiger partial charge in [-0.05, 0) is 35.8 Å². The molecule has 17 heavy (non-hydrogen) atoms. The van der Waals surface area contributed by atoms with Gasteiger partial charge >= 0.3 is 0 Å². The topological polar surface area (TPSA) is 43.1 Å². The molecule has 0 unspecified atom stereocenters. The molecular formula is C15H17NO. The Morgan fingerprint density at radius 3 is 2.71 bits per heavy atom. The molecule has 1 aromatic carbocycles. The molecule has 0 atom stereocenters. The Morgan fingerprint density at radius 2 is 2.18 bits per heavy atom. The first-order chi connectivity index (χ1) is 8.08. The van der Waals surface area contributed by atoms with Gasteiger partial charge in [0.1, 0.15) is 0 Å². The minimum atomic E-state index is -0.0423. The molecule has 88 valence electrons. The smallest absolute Gasteiger partial charge is 0.159 e. The molecule has 0 radical (unpaired) electrons. The maximum Gasteiger partial charge on any atom is 0.159 e. The molecule has 0 fully saturated rings. The molecule has 2 nitrogen and oxygen atoms in total. The van der Waals surface area contributed by atoms with E-state index in [1.54, 1.807) is 12.2 Å². The minimum absolute atomic E-state index is 0.0423. The van der Waals surface area contributed by atoms with E-state index in [2.05, 4.69) is 13.2 Å². The van der Waals surface area contributed by atoms with E-state index in [0.717, 1.165) is 16.7 Å². The van der Waals surface area contributed by atoms with Gasteiger partial charge < -0.3 is 5.73 Å². The Hall–Kier alpha value is -1.93. The van der Waals surface area contributed by atoms with Crippen molar-refractivity contribution in [3.8, 4) is 0 Å². The van der Waals surface area contributed by atoms with E-state index in [9.17, 15) is 4.79 Å². The van der Waals surface area contributed by atoms with Gasteiger partial charge in [-0.1, -0.05) is 37.4 Å². The summed E-state index contributed by atoms with van der Waals surface area (Å²) in [5.74, 6) is -0.0423. The van der Waals surface area contributed by atoms with Gasteiger partial charge in [0.25, 0.3) is 0 Å². The van der Waals surface area contributed by atoms with Gasteiger partial charge in [-0.3, -0.25) is 4.79 Å². The van der Waals surface area contributed by atoms with Crippen molar-refractivity contribution in [2.45, 2.75) is 13.5 Å². The highest BCUT2D eigenvalue weighted by atomic mass is 16.1. The SMILES string of the molecule is C=C/C(=C\C(=C)C(C)=O)c1cccc(CN)c1. The first kappa shape index (κ1) is 13.1. The fourth-order valence-electron chi connectivity index (χ4n) is 1.43. The summed E-state index contributed by atoms with van der Waals surface area (Å²) < 4.78 is 0. The summed E-state index contributed by atoms with van der Waals surface area (Å²) in [6.45, 7) is 9.45. The van der Waals surface area contributed by atoms with Crippen LogP contribution in [-0.4, -0.2) is 5.78 Å². The number of Topliss-reactive ketones (excluding diaryl/α,β-unsaturated/α-hetero) is 1. The average Bonchev–Trinajstić information content (AvgIpc) is 2.35. The average molecular weight is 227 g/mol. The van der Waals surface area contributed by atoms with Crippen LogP contribution in [0.1, 0.15) is 18.1 Å². The molecule has 1 rings (SSSR count). The molecule has 0 saturated carbocycles. The normalized spacial score (nSPS) is 11.1. The second-order valence-electron chi connectivity index (χ2n) is 3.79. The van der Waals surface area contributed by atoms with Crippen molar-refractivity contribution in [1.29, 1.82) is 0 Å². The van der Waals surface area contributed by atoms with Crippen LogP contribution in [0.25, 0.3) is 5.57 Å². The highest BCUT2D eigenvalue weighted by molar-refractivity contribution is 5.98. The summed E-state index contributed by atoms with van der Waals surface area (Å²) in [5, 5.41) is 0. The summed E-state index contributed by atoms with van der Waals surface area (Å²) in [4.78, 5) is 11.2. The van der Waals surface area contributed by atoms with Crippen LogP contribution in [0.15, 0.2) is 55.1 Å². The molecule has 0 aliphatic heterocycles. The number of rotatable bonds is 5. The fraction of sp³-hybridized carbons (Fsp3) is 0.133. The van der Waals surface area contributed by atoms with Crippen LogP contribution in [0.4, 0.5) is 0 Å². The highest BCUT2D eigenvalue weighted by Gasteiger charge is 2.02. The molecule has 0 spiro atoms. The maximum absolute atomic E-state index is 11.2. The zero-order valence-electron chi connectivity index (χ0n) is 10.1. The van der Waals surface area contributed by atoms with Gasteiger partial charge in [0.2, 0.25) is 0 Å². The largest absolute Gasteiger partial charge is 0.326 e. The third kappa shape index (κ3) is 3.54. The molecule has 0 saturated heterocycles. The zero-order chi connectivity index (χ0) is 12.8. The van der Waals surface area contributed by atoms with Crippen LogP contribution in [-0.2, 0) is 11.3 Å². The summed E-state index contributed by atoms with van der Waals surface area (Å²) in [6, 6.07) is 7.84. The van der Waals surface area contributed by atoms with Gasteiger partial charge in [0.05, 0.1) is 0 Å². The van der Waals surface area contributed by atoms with Gasteiger partial charge in [-0.15, -0.1) is 0 Å². The summed E-state index contributed by atoms with van der Waals surface area (Å²) in [7, 11) is 0. The van der Waals surface area contributed by atoms with Gasteiger partial charge in [0.15, 0.2) is 5.78 Å². The number of allylic oxidation sites excluding steroid dienone is 4. The van der Waals surface area contributed by atoms with Crippen LogP contribution in [0.5, 0.6) is 0 Å². The molecule has 0 bridgehead atoms. The van der Waals surface area contributed by atoms with Gasteiger partial charge in [0, 0.05) is 12.1 Å². The Bertz CT molecular complexity index is 483. The molecule has 0 amide bonds. The molecule has 2 heteroatoms. The van der Waals surface area contributed by atoms with E-state index >= 15 is 0 Å². The van der Waals surface area contributed by atoms with E-state index in [1.165, 1.54) is 6.92 Å². The van der Waals surface area contributed by atoms with E-state index in [1.807, 2.05) is 24.3 Å². The lowest BCUT2D eigenvalue weighted by molar-refractivity contribution is -0.113. The second kappa shape index (κ2) is 5.97. The monoisotopic (exact) mass is 227 g/mol. The Morgan fingerprint density at radius 1 is 1.47 bits per heavy atom. The number of nitrogens with two attached hydrogens (primary N) is 1. The van der Waals surface area contributed by atoms with Crippen molar-refractivity contribution in [1.82, 2.24) is 0 Å². The first-order valence-electron chi connectivity index (χ1n) is 5.42. The number of benzene rings is 1. The van der Waals surface area contributed by atoms with Crippen molar-refractivity contribution in [3.05, 3.63) is 66.3 Å². The predicted octanol–water partition coefficient (Wildman–Crippen LogP) is 2.86. The van der Waals surface area contributed by atoms with Crippen LogP contribution in [0.2, 0.25) is 0 Å². The van der Waals surface area contributed by atoms with E-state index in [0.29, 0.717) is 12.1 Å². The summed E-state index contributed by atoms with van der Waals surface area (Å²) in [5.41, 5.74) is 8.97. The quantitative estimate of drug-likeness (QED) is 0.621. The highest BCUT2D eigenvalue weighted by Crippen LogP contribution is 2.18. The van der Waals surface area contributed by atoms with Crippen LogP contribution >= 0.6 is 0 Å². The lowest BCUT2D eigenvalue weighted by Crippen LogP contribution is -1.97. The molecule has 0 heterocycles. The number of ketones is 1. The lowest BCUT2D eigenvalue weighted by atomic mass is 10.0. The number of hydrogen-bond acceptors (Lipinski definition) is 2. The second-order valence-corrected chi connectivity index (χ2v) is 3.79. The molecular weight excluding hydrogens is 210 g/mol. The van der Waals surface area contributed by atoms with Crippen LogP contribution < -0.4 is 5.73 Å². The maximum atomic E-state index is 11.2. The molecule has 1 aromatic rings. The number of carbonyl (C=O) groups excluding carboxylic acids is 1. The molecule has 0 aliphatic rings. The fourth-order valence-corrected chi connectivity index (χ4v) is 1.43. The third-order valence-electron chi connectivity index (χ3n) is 2.50. The van der Waals surface area contributed by atoms with Crippen LogP contribution in [0.3, 0.4) is 0 Å². The predicted molar refractivity (Wildman–Crippen MR) is 72.3 cm³/mol. The van der Waals surface area contributed by atoms with Crippen molar-refractivity contribution in [2.24, 2.45) is 5.73 Å². The van der Waals surface area contributed by atoms with Gasteiger partial charge in [-0.2, -0.15) is 0 Å². The van der Waals surface area contributed by atoms with Crippen LogP contribution in [0, 0.1) is 0 Å². The Balaban J connectivity index is 3.13. The zero-order valence-corrected chi connectivity index (χ0v) is 10.1. The third-order valence-corrected chi connectivity index (χ3v) is 2.50. The van der Waals surface area contributed by atoms with Gasteiger partial charge in [-0.25, -0.2) is 0 Å². The minimum Gasteiger partial charge on any atom is -0.326 e. The van der Waals surface area contributed by atoms with E-state index in [-0.39, 0.29) is 5.78 Å².